The number of hydrogen-bond acceptors (Lipinski definition) is 3. The Hall–Kier alpha value is -1.36. The van der Waals surface area contributed by atoms with Crippen molar-refractivity contribution in [1.82, 2.24) is 9.78 Å². The van der Waals surface area contributed by atoms with E-state index in [1.807, 2.05) is 0 Å². The molecule has 0 amide bonds. The maximum absolute atomic E-state index is 8.95. The second-order valence-corrected chi connectivity index (χ2v) is 5.85. The Morgan fingerprint density at radius 1 is 1.35 bits per heavy atom. The third-order valence-electron chi connectivity index (χ3n) is 3.53. The molecule has 1 aliphatic rings. The molecule has 0 saturated heterocycles. The first-order valence-electron chi connectivity index (χ1n) is 6.85. The zero-order chi connectivity index (χ0) is 14.4. The maximum Gasteiger partial charge on any atom is 0.292 e. The SMILES string of the molecule is Brc1ccc2cn(C3CCCCC3)nc2c1.COC=O. The number of ether oxygens (including phenoxy) is 1. The molecule has 2 aromatic rings. The third-order valence-corrected chi connectivity index (χ3v) is 4.03. The van der Waals surface area contributed by atoms with E-state index < -0.39 is 0 Å². The Labute approximate surface area is 127 Å². The van der Waals surface area contributed by atoms with Crippen molar-refractivity contribution in [3.05, 3.63) is 28.9 Å². The van der Waals surface area contributed by atoms with E-state index in [1.54, 1.807) is 0 Å². The van der Waals surface area contributed by atoms with Crippen LogP contribution in [0.3, 0.4) is 0 Å². The van der Waals surface area contributed by atoms with Gasteiger partial charge in [-0.1, -0.05) is 41.3 Å². The molecule has 1 fully saturated rings. The molecule has 20 heavy (non-hydrogen) atoms. The van der Waals surface area contributed by atoms with Gasteiger partial charge >= 0.3 is 0 Å². The first kappa shape index (κ1) is 15.0. The van der Waals surface area contributed by atoms with Gasteiger partial charge in [0.2, 0.25) is 0 Å². The second-order valence-electron chi connectivity index (χ2n) is 4.94. The zero-order valence-corrected chi connectivity index (χ0v) is 13.2. The van der Waals surface area contributed by atoms with Gasteiger partial charge < -0.3 is 4.74 Å². The minimum atomic E-state index is 0.375. The van der Waals surface area contributed by atoms with Gasteiger partial charge in [-0.25, -0.2) is 0 Å². The van der Waals surface area contributed by atoms with Crippen LogP contribution in [0.1, 0.15) is 38.1 Å². The summed E-state index contributed by atoms with van der Waals surface area (Å²) in [5, 5.41) is 5.93. The topological polar surface area (TPSA) is 44.1 Å². The Morgan fingerprint density at radius 3 is 2.70 bits per heavy atom. The molecule has 1 heterocycles. The Bertz CT molecular complexity index is 562. The summed E-state index contributed by atoms with van der Waals surface area (Å²) in [5.74, 6) is 0. The molecular weight excluding hydrogens is 320 g/mol. The van der Waals surface area contributed by atoms with E-state index in [0.717, 1.165) is 9.99 Å². The average Bonchev–Trinajstić information content (AvgIpc) is 2.91. The number of nitrogens with zero attached hydrogens (tertiary/aromatic N) is 2. The number of halogens is 1. The lowest BCUT2D eigenvalue weighted by atomic mass is 9.96. The molecule has 0 unspecified atom stereocenters. The van der Waals surface area contributed by atoms with Crippen LogP contribution in [-0.4, -0.2) is 23.4 Å². The number of fused-ring (bicyclic) bond motifs is 1. The highest BCUT2D eigenvalue weighted by molar-refractivity contribution is 9.10. The second kappa shape index (κ2) is 7.43. The van der Waals surface area contributed by atoms with Crippen LogP contribution in [0.5, 0.6) is 0 Å². The summed E-state index contributed by atoms with van der Waals surface area (Å²) in [4.78, 5) is 8.95. The van der Waals surface area contributed by atoms with Gasteiger partial charge in [0.25, 0.3) is 6.47 Å². The first-order chi connectivity index (χ1) is 9.74. The molecule has 0 spiro atoms. The lowest BCUT2D eigenvalue weighted by Gasteiger charge is -2.21. The molecule has 3 rings (SSSR count). The van der Waals surface area contributed by atoms with Gasteiger partial charge in [-0.3, -0.25) is 9.48 Å². The summed E-state index contributed by atoms with van der Waals surface area (Å²) < 4.78 is 7.14. The summed E-state index contributed by atoms with van der Waals surface area (Å²) in [6.07, 6.45) is 8.86. The van der Waals surface area contributed by atoms with Crippen molar-refractivity contribution >= 4 is 33.3 Å². The van der Waals surface area contributed by atoms with Crippen LogP contribution in [0.2, 0.25) is 0 Å². The maximum atomic E-state index is 8.95. The Morgan fingerprint density at radius 2 is 2.05 bits per heavy atom. The van der Waals surface area contributed by atoms with Gasteiger partial charge in [0.05, 0.1) is 18.7 Å². The van der Waals surface area contributed by atoms with Gasteiger partial charge in [0, 0.05) is 16.1 Å². The van der Waals surface area contributed by atoms with Crippen LogP contribution in [0, 0.1) is 0 Å². The van der Waals surface area contributed by atoms with Crippen LogP contribution in [0.25, 0.3) is 10.9 Å². The minimum Gasteiger partial charge on any atom is -0.471 e. The number of carbonyl (C=O) groups is 1. The highest BCUT2D eigenvalue weighted by Gasteiger charge is 2.16. The summed E-state index contributed by atoms with van der Waals surface area (Å²) >= 11 is 3.49. The van der Waals surface area contributed by atoms with Gasteiger partial charge in [-0.2, -0.15) is 5.10 Å². The van der Waals surface area contributed by atoms with Crippen LogP contribution in [0.15, 0.2) is 28.9 Å². The average molecular weight is 339 g/mol. The zero-order valence-electron chi connectivity index (χ0n) is 11.6. The van der Waals surface area contributed by atoms with Crippen LogP contribution >= 0.6 is 15.9 Å². The van der Waals surface area contributed by atoms with Gasteiger partial charge in [0.15, 0.2) is 0 Å². The highest BCUT2D eigenvalue weighted by atomic mass is 79.9. The molecule has 0 atom stereocenters. The van der Waals surface area contributed by atoms with Gasteiger partial charge in [-0.15, -0.1) is 0 Å². The lowest BCUT2D eigenvalue weighted by molar-refractivity contribution is -0.126. The van der Waals surface area contributed by atoms with Crippen molar-refractivity contribution in [3.8, 4) is 0 Å². The van der Waals surface area contributed by atoms with Crippen molar-refractivity contribution in [2.24, 2.45) is 0 Å². The molecule has 1 aliphatic carbocycles. The normalized spacial score (nSPS) is 15.5. The number of aromatic nitrogens is 2. The van der Waals surface area contributed by atoms with E-state index in [0.29, 0.717) is 12.5 Å². The van der Waals surface area contributed by atoms with Crippen molar-refractivity contribution < 1.29 is 9.53 Å². The molecule has 0 N–H and O–H groups in total. The molecular formula is C15H19BrN2O2. The van der Waals surface area contributed by atoms with Crippen molar-refractivity contribution in [2.75, 3.05) is 7.11 Å². The highest BCUT2D eigenvalue weighted by Crippen LogP contribution is 2.29. The predicted octanol–water partition coefficient (Wildman–Crippen LogP) is 4.09. The van der Waals surface area contributed by atoms with Gasteiger partial charge in [0.1, 0.15) is 0 Å². The Kier molecular flexibility index (Phi) is 5.59. The molecule has 1 aromatic heterocycles. The lowest BCUT2D eigenvalue weighted by Crippen LogP contribution is -2.12. The van der Waals surface area contributed by atoms with Gasteiger partial charge in [-0.05, 0) is 25.0 Å². The molecule has 0 radical (unpaired) electrons. The minimum absolute atomic E-state index is 0.375. The molecule has 1 saturated carbocycles. The third kappa shape index (κ3) is 3.82. The van der Waals surface area contributed by atoms with E-state index in [-0.39, 0.29) is 0 Å². The molecule has 108 valence electrons. The number of rotatable bonds is 2. The summed E-state index contributed by atoms with van der Waals surface area (Å²) in [7, 11) is 1.31. The van der Waals surface area contributed by atoms with Crippen LogP contribution in [-0.2, 0) is 9.53 Å². The van der Waals surface area contributed by atoms with E-state index >= 15 is 0 Å². The standard InChI is InChI=1S/C13H15BrN2.C2H4O2/c14-11-7-6-10-9-16(15-13(10)8-11)12-4-2-1-3-5-12;1-4-2-3/h6-9,12H,1-5H2;2H,1H3. The first-order valence-corrected chi connectivity index (χ1v) is 7.64. The monoisotopic (exact) mass is 338 g/mol. The molecule has 4 nitrogen and oxygen atoms in total. The quantitative estimate of drug-likeness (QED) is 0.774. The fourth-order valence-corrected chi connectivity index (χ4v) is 2.89. The summed E-state index contributed by atoms with van der Waals surface area (Å²) in [6, 6.07) is 6.93. The molecule has 5 heteroatoms. The van der Waals surface area contributed by atoms with Crippen molar-refractivity contribution in [3.63, 3.8) is 0 Å². The van der Waals surface area contributed by atoms with E-state index in [1.165, 1.54) is 44.6 Å². The number of methoxy groups -OCH3 is 1. The largest absolute Gasteiger partial charge is 0.471 e. The molecule has 0 bridgehead atoms. The number of hydrogen-bond donors (Lipinski definition) is 0. The van der Waals surface area contributed by atoms with Crippen molar-refractivity contribution in [2.45, 2.75) is 38.1 Å². The number of carbonyl (C=O) groups excluding carboxylic acids is 1. The summed E-state index contributed by atoms with van der Waals surface area (Å²) in [5.41, 5.74) is 1.10. The predicted molar refractivity (Wildman–Crippen MR) is 82.6 cm³/mol. The van der Waals surface area contributed by atoms with Crippen LogP contribution in [0.4, 0.5) is 0 Å². The molecule has 0 aliphatic heterocycles. The number of benzene rings is 1. The van der Waals surface area contributed by atoms with E-state index in [9.17, 15) is 0 Å². The smallest absolute Gasteiger partial charge is 0.292 e. The fraction of sp³-hybridized carbons (Fsp3) is 0.467. The van der Waals surface area contributed by atoms with E-state index in [2.05, 4.69) is 54.8 Å². The molecule has 1 aromatic carbocycles. The Balaban J connectivity index is 0.000000328. The van der Waals surface area contributed by atoms with Crippen molar-refractivity contribution in [1.29, 1.82) is 0 Å². The van der Waals surface area contributed by atoms with Crippen LogP contribution < -0.4 is 0 Å². The van der Waals surface area contributed by atoms with E-state index in [4.69, 9.17) is 4.79 Å². The fourth-order valence-electron chi connectivity index (χ4n) is 2.54. The summed E-state index contributed by atoms with van der Waals surface area (Å²) in [6.45, 7) is 0.375.